The monoisotopic (exact) mass is 253 g/mol. The van der Waals surface area contributed by atoms with Crippen LogP contribution in [0.1, 0.15) is 24.1 Å². The Bertz CT molecular complexity index is 409. The van der Waals surface area contributed by atoms with Crippen LogP contribution in [0.25, 0.3) is 0 Å². The van der Waals surface area contributed by atoms with Gasteiger partial charge in [-0.2, -0.15) is 0 Å². The lowest BCUT2D eigenvalue weighted by molar-refractivity contribution is -0.162. The van der Waals surface area contributed by atoms with Crippen LogP contribution < -0.4 is 5.32 Å². The fourth-order valence-electron chi connectivity index (χ4n) is 1.99. The molecule has 0 saturated heterocycles. The molecule has 0 aliphatic heterocycles. The maximum absolute atomic E-state index is 11.8. The third kappa shape index (κ3) is 2.34. The predicted molar refractivity (Wildman–Crippen MR) is 65.0 cm³/mol. The van der Waals surface area contributed by atoms with E-state index in [2.05, 4.69) is 5.32 Å². The second kappa shape index (κ2) is 4.87. The van der Waals surface area contributed by atoms with E-state index in [9.17, 15) is 9.59 Å². The molecule has 0 aromatic carbocycles. The van der Waals surface area contributed by atoms with Gasteiger partial charge in [-0.3, -0.25) is 9.59 Å². The van der Waals surface area contributed by atoms with Gasteiger partial charge in [0.15, 0.2) is 0 Å². The van der Waals surface area contributed by atoms with Gasteiger partial charge in [0.05, 0.1) is 0 Å². The van der Waals surface area contributed by atoms with E-state index in [0.717, 1.165) is 12.8 Å². The first-order valence-electron chi connectivity index (χ1n) is 5.69. The molecule has 0 bridgehead atoms. The third-order valence-electron chi connectivity index (χ3n) is 3.29. The fraction of sp³-hybridized carbons (Fsp3) is 0.500. The number of carboxylic acid groups (broad SMARTS) is 1. The minimum Gasteiger partial charge on any atom is -0.480 e. The quantitative estimate of drug-likeness (QED) is 0.784. The number of hydrogen-bond acceptors (Lipinski definition) is 3. The number of carbonyl (C=O) groups is 2. The average Bonchev–Trinajstić information content (AvgIpc) is 2.67. The average molecular weight is 253 g/mol. The molecule has 2 N–H and O–H groups in total. The SMILES string of the molecule is O=C(O)C1(C(=O)NCCc2cccs2)CCC1. The summed E-state index contributed by atoms with van der Waals surface area (Å²) in [5.74, 6) is -1.31. The number of thiophene rings is 1. The maximum atomic E-state index is 11.8. The Hall–Kier alpha value is -1.36. The van der Waals surface area contributed by atoms with Crippen molar-refractivity contribution in [3.63, 3.8) is 0 Å². The summed E-state index contributed by atoms with van der Waals surface area (Å²) >= 11 is 1.64. The number of amides is 1. The zero-order valence-corrected chi connectivity index (χ0v) is 10.3. The first-order chi connectivity index (χ1) is 8.15. The maximum Gasteiger partial charge on any atom is 0.319 e. The molecule has 1 heterocycles. The Morgan fingerprint density at radius 1 is 1.47 bits per heavy atom. The highest BCUT2D eigenvalue weighted by atomic mass is 32.1. The van der Waals surface area contributed by atoms with E-state index in [1.807, 2.05) is 17.5 Å². The van der Waals surface area contributed by atoms with Gasteiger partial charge in [0.2, 0.25) is 5.91 Å². The van der Waals surface area contributed by atoms with Crippen LogP contribution >= 0.6 is 11.3 Å². The number of carbonyl (C=O) groups excluding carboxylic acids is 1. The molecule has 1 aliphatic rings. The predicted octanol–water partition coefficient (Wildman–Crippen LogP) is 1.66. The molecule has 0 atom stereocenters. The van der Waals surface area contributed by atoms with Crippen LogP contribution in [0, 0.1) is 5.41 Å². The van der Waals surface area contributed by atoms with Gasteiger partial charge in [0.1, 0.15) is 5.41 Å². The minimum absolute atomic E-state index is 0.326. The summed E-state index contributed by atoms with van der Waals surface area (Å²) in [6, 6.07) is 3.97. The van der Waals surface area contributed by atoms with Crippen molar-refractivity contribution in [3.8, 4) is 0 Å². The van der Waals surface area contributed by atoms with Gasteiger partial charge in [0, 0.05) is 11.4 Å². The Morgan fingerprint density at radius 3 is 2.71 bits per heavy atom. The molecule has 92 valence electrons. The summed E-state index contributed by atoms with van der Waals surface area (Å²) in [5.41, 5.74) is -1.14. The molecule has 2 rings (SSSR count). The second-order valence-electron chi connectivity index (χ2n) is 4.33. The molecule has 5 heteroatoms. The van der Waals surface area contributed by atoms with Crippen molar-refractivity contribution in [2.24, 2.45) is 5.41 Å². The Kier molecular flexibility index (Phi) is 3.47. The second-order valence-corrected chi connectivity index (χ2v) is 5.36. The van der Waals surface area contributed by atoms with Crippen LogP contribution in [0.15, 0.2) is 17.5 Å². The molecule has 17 heavy (non-hydrogen) atoms. The van der Waals surface area contributed by atoms with Crippen molar-refractivity contribution in [1.29, 1.82) is 0 Å². The zero-order chi connectivity index (χ0) is 12.3. The number of rotatable bonds is 5. The topological polar surface area (TPSA) is 66.4 Å². The van der Waals surface area contributed by atoms with Crippen molar-refractivity contribution in [2.45, 2.75) is 25.7 Å². The van der Waals surface area contributed by atoms with Gasteiger partial charge in [-0.1, -0.05) is 12.5 Å². The molecular weight excluding hydrogens is 238 g/mol. The van der Waals surface area contributed by atoms with Crippen LogP contribution in [0.3, 0.4) is 0 Å². The summed E-state index contributed by atoms with van der Waals surface area (Å²) < 4.78 is 0. The number of carboxylic acids is 1. The lowest BCUT2D eigenvalue weighted by Crippen LogP contribution is -2.51. The molecule has 1 fully saturated rings. The Morgan fingerprint density at radius 2 is 2.24 bits per heavy atom. The highest BCUT2D eigenvalue weighted by Crippen LogP contribution is 2.41. The van der Waals surface area contributed by atoms with E-state index in [1.54, 1.807) is 11.3 Å². The summed E-state index contributed by atoms with van der Waals surface area (Å²) in [5, 5.41) is 13.8. The third-order valence-corrected chi connectivity index (χ3v) is 4.22. The highest BCUT2D eigenvalue weighted by molar-refractivity contribution is 7.09. The Labute approximate surface area is 104 Å². The molecule has 4 nitrogen and oxygen atoms in total. The number of nitrogens with one attached hydrogen (secondary N) is 1. The van der Waals surface area contributed by atoms with Crippen molar-refractivity contribution < 1.29 is 14.7 Å². The first kappa shape index (κ1) is 12.1. The summed E-state index contributed by atoms with van der Waals surface area (Å²) in [6.07, 6.45) is 2.52. The molecular formula is C12H15NO3S. The standard InChI is InChI=1S/C12H15NO3S/c14-10(12(11(15)16)5-2-6-12)13-7-4-9-3-1-8-17-9/h1,3,8H,2,4-7H2,(H,13,14)(H,15,16). The van der Waals surface area contributed by atoms with Gasteiger partial charge in [0.25, 0.3) is 0 Å². The summed E-state index contributed by atoms with van der Waals surface area (Å²) in [6.45, 7) is 0.508. The molecule has 1 amide bonds. The van der Waals surface area contributed by atoms with Gasteiger partial charge in [-0.15, -0.1) is 11.3 Å². The molecule has 1 aromatic heterocycles. The molecule has 1 saturated carbocycles. The van der Waals surface area contributed by atoms with Crippen molar-refractivity contribution in [3.05, 3.63) is 22.4 Å². The van der Waals surface area contributed by atoms with Gasteiger partial charge in [-0.25, -0.2) is 0 Å². The molecule has 0 unspecified atom stereocenters. The largest absolute Gasteiger partial charge is 0.480 e. The van der Waals surface area contributed by atoms with Crippen LogP contribution in [-0.4, -0.2) is 23.5 Å². The molecule has 0 radical (unpaired) electrons. The van der Waals surface area contributed by atoms with Gasteiger partial charge in [-0.05, 0) is 30.7 Å². The van der Waals surface area contributed by atoms with Gasteiger partial charge >= 0.3 is 5.97 Å². The first-order valence-corrected chi connectivity index (χ1v) is 6.57. The molecule has 1 aliphatic carbocycles. The summed E-state index contributed by atoms with van der Waals surface area (Å²) in [7, 11) is 0. The van der Waals surface area contributed by atoms with E-state index >= 15 is 0 Å². The van der Waals surface area contributed by atoms with Crippen molar-refractivity contribution >= 4 is 23.2 Å². The minimum atomic E-state index is -1.14. The van der Waals surface area contributed by atoms with E-state index in [4.69, 9.17) is 5.11 Å². The van der Waals surface area contributed by atoms with Crippen LogP contribution in [0.5, 0.6) is 0 Å². The highest BCUT2D eigenvalue weighted by Gasteiger charge is 2.50. The Balaban J connectivity index is 1.83. The normalized spacial score (nSPS) is 17.2. The van der Waals surface area contributed by atoms with E-state index < -0.39 is 11.4 Å². The van der Waals surface area contributed by atoms with E-state index in [1.165, 1.54) is 4.88 Å². The molecule has 1 aromatic rings. The zero-order valence-electron chi connectivity index (χ0n) is 9.44. The summed E-state index contributed by atoms with van der Waals surface area (Å²) in [4.78, 5) is 24.1. The van der Waals surface area contributed by atoms with Crippen LogP contribution in [0.4, 0.5) is 0 Å². The van der Waals surface area contributed by atoms with Gasteiger partial charge < -0.3 is 10.4 Å². The van der Waals surface area contributed by atoms with E-state index in [-0.39, 0.29) is 5.91 Å². The lowest BCUT2D eigenvalue weighted by atomic mass is 9.68. The lowest BCUT2D eigenvalue weighted by Gasteiger charge is -2.35. The van der Waals surface area contributed by atoms with E-state index in [0.29, 0.717) is 19.4 Å². The molecule has 0 spiro atoms. The van der Waals surface area contributed by atoms with Crippen LogP contribution in [0.2, 0.25) is 0 Å². The number of hydrogen-bond donors (Lipinski definition) is 2. The smallest absolute Gasteiger partial charge is 0.319 e. The fourth-order valence-corrected chi connectivity index (χ4v) is 2.70. The number of aliphatic carboxylic acids is 1. The van der Waals surface area contributed by atoms with Crippen molar-refractivity contribution in [1.82, 2.24) is 5.32 Å². The van der Waals surface area contributed by atoms with Crippen LogP contribution in [-0.2, 0) is 16.0 Å². The van der Waals surface area contributed by atoms with Crippen molar-refractivity contribution in [2.75, 3.05) is 6.54 Å².